The minimum Gasteiger partial charge on any atom is -0.426 e. The van der Waals surface area contributed by atoms with Crippen molar-refractivity contribution in [2.45, 2.75) is 0 Å². The lowest BCUT2D eigenvalue weighted by atomic mass is 10.8. The van der Waals surface area contributed by atoms with Crippen LogP contribution in [0.2, 0.25) is 0 Å². The van der Waals surface area contributed by atoms with Crippen LogP contribution >= 0.6 is 0 Å². The summed E-state index contributed by atoms with van der Waals surface area (Å²) in [6.45, 7) is 0. The largest absolute Gasteiger partial charge is 0.426 e. The van der Waals surface area contributed by atoms with Crippen molar-refractivity contribution < 1.29 is 4.42 Å². The van der Waals surface area contributed by atoms with Crippen molar-refractivity contribution in [3.63, 3.8) is 0 Å². The van der Waals surface area contributed by atoms with Crippen LogP contribution in [0.3, 0.4) is 0 Å². The summed E-state index contributed by atoms with van der Waals surface area (Å²) in [5.41, 5.74) is 10.8. The Hall–Kier alpha value is -2.05. The summed E-state index contributed by atoms with van der Waals surface area (Å²) in [7, 11) is 0. The molecule has 0 fully saturated rings. The lowest BCUT2D eigenvalue weighted by molar-refractivity contribution is 0.519. The summed E-state index contributed by atoms with van der Waals surface area (Å²) in [4.78, 5) is 7.38. The lowest BCUT2D eigenvalue weighted by Crippen LogP contribution is -2.00. The molecule has 7 nitrogen and oxygen atoms in total. The van der Waals surface area contributed by atoms with Crippen LogP contribution in [-0.2, 0) is 0 Å². The first-order chi connectivity index (χ1) is 5.77. The van der Waals surface area contributed by atoms with Gasteiger partial charge in [0.05, 0.1) is 6.20 Å². The Morgan fingerprint density at radius 2 is 2.25 bits per heavy atom. The van der Waals surface area contributed by atoms with E-state index in [1.54, 1.807) is 0 Å². The number of oxazole rings is 1. The maximum atomic E-state index is 5.45. The third-order valence-corrected chi connectivity index (χ3v) is 1.28. The number of hydrogen-bond acceptors (Lipinski definition) is 6. The zero-order chi connectivity index (χ0) is 8.55. The van der Waals surface area contributed by atoms with E-state index in [1.165, 1.54) is 17.3 Å². The summed E-state index contributed by atoms with van der Waals surface area (Å²) in [6.07, 6.45) is 2.73. The zero-order valence-corrected chi connectivity index (χ0v) is 6.01. The Morgan fingerprint density at radius 1 is 1.42 bits per heavy atom. The molecule has 0 aliphatic rings. The number of aromatic nitrogens is 4. The van der Waals surface area contributed by atoms with E-state index >= 15 is 0 Å². The Labute approximate surface area is 67.0 Å². The van der Waals surface area contributed by atoms with Gasteiger partial charge in [0.1, 0.15) is 0 Å². The number of anilines is 2. The van der Waals surface area contributed by atoms with E-state index in [-0.39, 0.29) is 11.9 Å². The van der Waals surface area contributed by atoms with Crippen LogP contribution in [0.25, 0.3) is 5.88 Å². The standard InChI is InChI=1S/C5H6N6O/c6-4-9-5(7)11(10-4)3-1-8-2-12-3/h1-2H,(H4,6,7,9,10). The molecule has 2 heterocycles. The van der Waals surface area contributed by atoms with Gasteiger partial charge >= 0.3 is 0 Å². The summed E-state index contributed by atoms with van der Waals surface area (Å²) in [5.74, 6) is 0.657. The number of nitrogens with zero attached hydrogens (tertiary/aromatic N) is 4. The molecule has 0 bridgehead atoms. The van der Waals surface area contributed by atoms with Crippen LogP contribution < -0.4 is 11.5 Å². The van der Waals surface area contributed by atoms with Gasteiger partial charge in [-0.3, -0.25) is 0 Å². The molecule has 2 aromatic heterocycles. The quantitative estimate of drug-likeness (QED) is 0.586. The van der Waals surface area contributed by atoms with Crippen molar-refractivity contribution in [3.8, 4) is 5.88 Å². The van der Waals surface area contributed by atoms with Gasteiger partial charge in [-0.25, -0.2) is 4.98 Å². The van der Waals surface area contributed by atoms with Gasteiger partial charge in [-0.2, -0.15) is 9.67 Å². The van der Waals surface area contributed by atoms with Crippen molar-refractivity contribution in [2.75, 3.05) is 11.5 Å². The normalized spacial score (nSPS) is 10.3. The highest BCUT2D eigenvalue weighted by molar-refractivity contribution is 5.33. The molecule has 0 amide bonds. The molecule has 0 saturated carbocycles. The molecular formula is C5H6N6O. The number of hydrogen-bond donors (Lipinski definition) is 2. The molecule has 2 rings (SSSR count). The van der Waals surface area contributed by atoms with E-state index in [2.05, 4.69) is 15.1 Å². The Kier molecular flexibility index (Phi) is 1.23. The van der Waals surface area contributed by atoms with E-state index in [9.17, 15) is 0 Å². The van der Waals surface area contributed by atoms with Crippen molar-refractivity contribution in [1.82, 2.24) is 19.7 Å². The van der Waals surface area contributed by atoms with Gasteiger partial charge in [-0.15, -0.1) is 5.10 Å². The number of rotatable bonds is 1. The molecule has 7 heteroatoms. The van der Waals surface area contributed by atoms with Crippen LogP contribution in [0, 0.1) is 0 Å². The predicted molar refractivity (Wildman–Crippen MR) is 40.2 cm³/mol. The fourth-order valence-corrected chi connectivity index (χ4v) is 0.817. The second-order valence-electron chi connectivity index (χ2n) is 2.08. The molecule has 4 N–H and O–H groups in total. The molecule has 62 valence electrons. The minimum atomic E-state index is 0.101. The summed E-state index contributed by atoms with van der Waals surface area (Å²) < 4.78 is 6.19. The molecular weight excluding hydrogens is 160 g/mol. The third-order valence-electron chi connectivity index (χ3n) is 1.28. The first-order valence-corrected chi connectivity index (χ1v) is 3.14. The maximum Gasteiger partial charge on any atom is 0.243 e. The summed E-state index contributed by atoms with van der Waals surface area (Å²) in [6, 6.07) is 0. The predicted octanol–water partition coefficient (Wildman–Crippen LogP) is -0.580. The average Bonchev–Trinajstić information content (AvgIpc) is 2.58. The Morgan fingerprint density at radius 3 is 2.75 bits per heavy atom. The summed E-state index contributed by atoms with van der Waals surface area (Å²) >= 11 is 0. The second kappa shape index (κ2) is 2.22. The highest BCUT2D eigenvalue weighted by atomic mass is 16.4. The number of nitrogens with two attached hydrogens (primary N) is 2. The lowest BCUT2D eigenvalue weighted by Gasteiger charge is -1.92. The van der Waals surface area contributed by atoms with Gasteiger partial charge in [-0.1, -0.05) is 0 Å². The Bertz CT molecular complexity index is 377. The number of nitrogen functional groups attached to an aromatic ring is 2. The van der Waals surface area contributed by atoms with Crippen LogP contribution in [-0.4, -0.2) is 19.7 Å². The minimum absolute atomic E-state index is 0.101. The van der Waals surface area contributed by atoms with Gasteiger partial charge in [0, 0.05) is 0 Å². The van der Waals surface area contributed by atoms with Crippen LogP contribution in [0.5, 0.6) is 0 Å². The molecule has 12 heavy (non-hydrogen) atoms. The first-order valence-electron chi connectivity index (χ1n) is 3.14. The molecule has 0 aliphatic heterocycles. The fraction of sp³-hybridized carbons (Fsp3) is 0. The fourth-order valence-electron chi connectivity index (χ4n) is 0.817. The monoisotopic (exact) mass is 166 g/mol. The second-order valence-corrected chi connectivity index (χ2v) is 2.08. The van der Waals surface area contributed by atoms with Gasteiger partial charge in [-0.05, 0) is 0 Å². The van der Waals surface area contributed by atoms with Gasteiger partial charge < -0.3 is 15.9 Å². The van der Waals surface area contributed by atoms with Crippen LogP contribution in [0.4, 0.5) is 11.9 Å². The van der Waals surface area contributed by atoms with Gasteiger partial charge in [0.15, 0.2) is 6.39 Å². The smallest absolute Gasteiger partial charge is 0.243 e. The van der Waals surface area contributed by atoms with E-state index in [0.29, 0.717) is 5.88 Å². The Balaban J connectivity index is 2.54. The topological polar surface area (TPSA) is 109 Å². The molecule has 0 radical (unpaired) electrons. The molecule has 0 saturated heterocycles. The van der Waals surface area contributed by atoms with E-state index in [0.717, 1.165) is 0 Å². The van der Waals surface area contributed by atoms with Crippen molar-refractivity contribution in [3.05, 3.63) is 12.6 Å². The zero-order valence-electron chi connectivity index (χ0n) is 6.01. The molecule has 0 atom stereocenters. The van der Waals surface area contributed by atoms with Crippen molar-refractivity contribution >= 4 is 11.9 Å². The SMILES string of the molecule is Nc1nc(N)n(-c2cnco2)n1. The summed E-state index contributed by atoms with van der Waals surface area (Å²) in [5, 5.41) is 3.78. The van der Waals surface area contributed by atoms with E-state index in [1.807, 2.05) is 0 Å². The maximum absolute atomic E-state index is 5.45. The molecule has 2 aromatic rings. The van der Waals surface area contributed by atoms with Gasteiger partial charge in [0.25, 0.3) is 0 Å². The average molecular weight is 166 g/mol. The molecule has 0 aromatic carbocycles. The molecule has 0 unspecified atom stereocenters. The van der Waals surface area contributed by atoms with Crippen molar-refractivity contribution in [2.24, 2.45) is 0 Å². The third kappa shape index (κ3) is 0.875. The highest BCUT2D eigenvalue weighted by Crippen LogP contribution is 2.10. The van der Waals surface area contributed by atoms with Crippen LogP contribution in [0.15, 0.2) is 17.0 Å². The highest BCUT2D eigenvalue weighted by Gasteiger charge is 2.07. The van der Waals surface area contributed by atoms with Crippen molar-refractivity contribution in [1.29, 1.82) is 0 Å². The van der Waals surface area contributed by atoms with Crippen LogP contribution in [0.1, 0.15) is 0 Å². The van der Waals surface area contributed by atoms with Gasteiger partial charge in [0.2, 0.25) is 17.8 Å². The molecule has 0 aliphatic carbocycles. The van der Waals surface area contributed by atoms with E-state index in [4.69, 9.17) is 15.9 Å². The molecule has 0 spiro atoms. The van der Waals surface area contributed by atoms with E-state index < -0.39 is 0 Å². The first kappa shape index (κ1) is 6.65.